The van der Waals surface area contributed by atoms with Crippen molar-refractivity contribution in [2.75, 3.05) is 19.6 Å². The van der Waals surface area contributed by atoms with E-state index in [0.717, 1.165) is 156 Å². The van der Waals surface area contributed by atoms with Crippen molar-refractivity contribution >= 4 is 111 Å². The average molecular weight is 1430 g/mol. The van der Waals surface area contributed by atoms with Crippen LogP contribution in [0.3, 0.4) is 0 Å². The maximum Gasteiger partial charge on any atom is 0.0991 e. The summed E-state index contributed by atoms with van der Waals surface area (Å²) in [6, 6.07) is 123. The summed E-state index contributed by atoms with van der Waals surface area (Å²) < 4.78 is 0. The summed E-state index contributed by atoms with van der Waals surface area (Å²) in [5.41, 5.74) is 18.8. The Morgan fingerprint density at radius 1 is 0.188 bits per heavy atom. The van der Waals surface area contributed by atoms with Gasteiger partial charge in [-0.2, -0.15) is 42.1 Å². The molecule has 0 saturated heterocycles. The molecule has 0 fully saturated rings. The number of benzene rings is 16. The largest absolute Gasteiger partial charge is 0.310 e. The van der Waals surface area contributed by atoms with Gasteiger partial charge < -0.3 is 19.6 Å². The fourth-order valence-electron chi connectivity index (χ4n) is 17.4. The van der Waals surface area contributed by atoms with Crippen molar-refractivity contribution in [1.29, 1.82) is 42.1 Å². The van der Waals surface area contributed by atoms with Gasteiger partial charge in [-0.05, 0) is 284 Å². The second-order valence-electron chi connectivity index (χ2n) is 28.3. The molecule has 0 spiro atoms. The predicted octanol–water partition coefficient (Wildman–Crippen LogP) is 24.4. The van der Waals surface area contributed by atoms with E-state index in [1.165, 1.54) is 0 Å². The normalized spacial score (nSPS) is 12.3. The first kappa shape index (κ1) is 67.6. The fourth-order valence-corrected chi connectivity index (χ4v) is 17.4. The van der Waals surface area contributed by atoms with Crippen LogP contribution in [0.1, 0.15) is 80.6 Å². The lowest BCUT2D eigenvalue weighted by molar-refractivity contribution is 0.377. The summed E-state index contributed by atoms with van der Waals surface area (Å²) in [6.07, 6.45) is 0. The molecule has 0 aliphatic heterocycles. The number of rotatable bonds is 13. The van der Waals surface area contributed by atoms with Crippen molar-refractivity contribution in [2.45, 2.75) is 24.7 Å². The molecular weight excluding hydrogens is 1370 g/mol. The second kappa shape index (κ2) is 26.9. The summed E-state index contributed by atoms with van der Waals surface area (Å²) in [4.78, 5) is 8.91. The smallest absolute Gasteiger partial charge is 0.0991 e. The summed E-state index contributed by atoms with van der Waals surface area (Å²) in [7, 11) is 0. The van der Waals surface area contributed by atoms with Gasteiger partial charge in [0.15, 0.2) is 0 Å². The standard InChI is InChI=1S/C100H58N12/c1-99(87-51-91(109(71-35-19-63(55-101)20-36-71)72-37-21-64(56-102)22-38-72)79-11-3-7-15-83(79)95(87)96-84-16-8-4-12-80(84)92(52-88(96)99)110(73-39-23-65(57-103)24-40-73)74-41-25-66(58-104)26-42-74)100(2)89-53-93(111(75-43-27-67(59-105)28-44-75)76-45-29-68(60-106)30-46-76)81-13-5-9-17-85(81)97(89)98-86-18-10-6-14-82(86)94(54-90(98)100)112(77-47-31-69(61-107)32-48-77)78-49-33-70(62-108)34-50-78/h3-54H,1-2H3. The highest BCUT2D eigenvalue weighted by molar-refractivity contribution is 6.21. The van der Waals surface area contributed by atoms with Crippen molar-refractivity contribution in [2.24, 2.45) is 0 Å². The van der Waals surface area contributed by atoms with Crippen molar-refractivity contribution in [3.05, 3.63) is 382 Å². The highest BCUT2D eigenvalue weighted by Gasteiger charge is 2.60. The Labute approximate surface area is 646 Å². The van der Waals surface area contributed by atoms with E-state index >= 15 is 0 Å². The first-order chi connectivity index (χ1) is 54.9. The first-order valence-corrected chi connectivity index (χ1v) is 36.4. The van der Waals surface area contributed by atoms with Crippen LogP contribution >= 0.6 is 0 Å². The van der Waals surface area contributed by atoms with E-state index in [4.69, 9.17) is 0 Å². The first-order valence-electron chi connectivity index (χ1n) is 36.4. The van der Waals surface area contributed by atoms with Gasteiger partial charge in [0.25, 0.3) is 0 Å². The second-order valence-corrected chi connectivity index (χ2v) is 28.3. The van der Waals surface area contributed by atoms with Crippen molar-refractivity contribution in [1.82, 2.24) is 0 Å². The van der Waals surface area contributed by atoms with Gasteiger partial charge >= 0.3 is 0 Å². The van der Waals surface area contributed by atoms with Gasteiger partial charge in [0.2, 0.25) is 0 Å². The van der Waals surface area contributed by atoms with E-state index in [1.807, 2.05) is 194 Å². The Morgan fingerprint density at radius 2 is 0.321 bits per heavy atom. The molecule has 0 aromatic heterocycles. The lowest BCUT2D eigenvalue weighted by atomic mass is 9.56. The van der Waals surface area contributed by atoms with Crippen molar-refractivity contribution in [3.8, 4) is 70.8 Å². The molecule has 2 aliphatic rings. The molecule has 0 atom stereocenters. The maximum absolute atomic E-state index is 10.4. The Hall–Kier alpha value is -16.3. The monoisotopic (exact) mass is 1430 g/mol. The molecule has 12 heteroatoms. The molecule has 0 saturated carbocycles. The summed E-state index contributed by atoms with van der Waals surface area (Å²) in [5.74, 6) is 0. The van der Waals surface area contributed by atoms with Crippen LogP contribution in [0, 0.1) is 90.6 Å². The third kappa shape index (κ3) is 10.5. The third-order valence-corrected chi connectivity index (χ3v) is 22.7. The van der Waals surface area contributed by atoms with Crippen LogP contribution < -0.4 is 19.6 Å². The van der Waals surface area contributed by atoms with E-state index in [0.29, 0.717) is 44.5 Å². The number of fused-ring (bicyclic) bond motifs is 14. The van der Waals surface area contributed by atoms with E-state index in [1.54, 1.807) is 0 Å². The van der Waals surface area contributed by atoms with Gasteiger partial charge in [-0.1, -0.05) is 111 Å². The van der Waals surface area contributed by atoms with Crippen LogP contribution in [0.2, 0.25) is 0 Å². The van der Waals surface area contributed by atoms with Crippen LogP contribution in [-0.2, 0) is 10.8 Å². The molecule has 0 heterocycles. The molecule has 0 N–H and O–H groups in total. The van der Waals surface area contributed by atoms with Crippen LogP contribution in [-0.4, -0.2) is 0 Å². The molecule has 0 amide bonds. The molecule has 16 aromatic rings. The van der Waals surface area contributed by atoms with Gasteiger partial charge in [0, 0.05) is 77.9 Å². The molecular formula is C100H58N12. The number of nitrogens with zero attached hydrogens (tertiary/aromatic N) is 12. The molecule has 16 aromatic carbocycles. The Bertz CT molecular complexity index is 5900. The molecule has 0 bridgehead atoms. The quantitative estimate of drug-likeness (QED) is 0.106. The van der Waals surface area contributed by atoms with Gasteiger partial charge in [0.05, 0.1) is 116 Å². The van der Waals surface area contributed by atoms with Gasteiger partial charge in [-0.3, -0.25) is 0 Å². The molecule has 18 rings (SSSR count). The average Bonchev–Trinajstić information content (AvgIpc) is 1.48. The molecule has 0 radical (unpaired) electrons. The van der Waals surface area contributed by atoms with Crippen molar-refractivity contribution in [3.63, 3.8) is 0 Å². The minimum absolute atomic E-state index is 0.489. The minimum atomic E-state index is -1.24. The molecule has 12 nitrogen and oxygen atoms in total. The fraction of sp³-hybridized carbons (Fsp3) is 0.0400. The zero-order chi connectivity index (χ0) is 76.5. The van der Waals surface area contributed by atoms with Crippen LogP contribution in [0.25, 0.3) is 65.3 Å². The maximum atomic E-state index is 10.4. The molecule has 518 valence electrons. The Balaban J connectivity index is 1.06. The minimum Gasteiger partial charge on any atom is -0.310 e. The zero-order valence-corrected chi connectivity index (χ0v) is 60.4. The molecule has 2 aliphatic carbocycles. The lowest BCUT2D eigenvalue weighted by Gasteiger charge is -2.46. The number of anilines is 12. The summed E-state index contributed by atoms with van der Waals surface area (Å²) in [6.45, 7) is 4.83. The van der Waals surface area contributed by atoms with Crippen molar-refractivity contribution < 1.29 is 0 Å². The molecule has 112 heavy (non-hydrogen) atoms. The summed E-state index contributed by atoms with van der Waals surface area (Å²) >= 11 is 0. The van der Waals surface area contributed by atoms with Crippen LogP contribution in [0.4, 0.5) is 68.2 Å². The van der Waals surface area contributed by atoms with Gasteiger partial charge in [-0.15, -0.1) is 0 Å². The molecule has 0 unspecified atom stereocenters. The van der Waals surface area contributed by atoms with Gasteiger partial charge in [-0.25, -0.2) is 0 Å². The Morgan fingerprint density at radius 3 is 0.455 bits per heavy atom. The lowest BCUT2D eigenvalue weighted by Crippen LogP contribution is -2.44. The highest BCUT2D eigenvalue weighted by atomic mass is 15.2. The predicted molar refractivity (Wildman–Crippen MR) is 443 cm³/mol. The summed E-state index contributed by atoms with van der Waals surface area (Å²) in [5, 5.41) is 90.5. The van der Waals surface area contributed by atoms with Crippen LogP contribution in [0.5, 0.6) is 0 Å². The number of nitriles is 8. The number of hydrogen-bond donors (Lipinski definition) is 0. The van der Waals surface area contributed by atoms with Crippen LogP contribution in [0.15, 0.2) is 315 Å². The van der Waals surface area contributed by atoms with E-state index in [-0.39, 0.29) is 0 Å². The van der Waals surface area contributed by atoms with Gasteiger partial charge in [0.1, 0.15) is 0 Å². The SMILES string of the molecule is CC1(C2(C)c3cc(N(c4ccc(C#N)cc4)c4ccc(C#N)cc4)c4ccccc4c3-c3c2cc(N(c2ccc(C#N)cc2)c2ccc(C#N)cc2)c2ccccc32)c2cc(N(c3ccc(C#N)cc3)c3ccc(C#N)cc3)c3ccccc3c2-c2c1cc(N(c1ccc(C#N)cc1)c1ccc(C#N)cc1)c1ccccc21. The third-order valence-electron chi connectivity index (χ3n) is 22.7. The Kier molecular flexibility index (Phi) is 16.2. The van der Waals surface area contributed by atoms with E-state index < -0.39 is 10.8 Å². The topological polar surface area (TPSA) is 203 Å². The number of hydrogen-bond acceptors (Lipinski definition) is 12. The van der Waals surface area contributed by atoms with E-state index in [2.05, 4.69) is 203 Å². The van der Waals surface area contributed by atoms with E-state index in [9.17, 15) is 42.1 Å². The zero-order valence-electron chi connectivity index (χ0n) is 60.4. The highest BCUT2D eigenvalue weighted by Crippen LogP contribution is 2.71.